The zero-order valence-electron chi connectivity index (χ0n) is 14.7. The molecule has 0 unspecified atom stereocenters. The Kier molecular flexibility index (Phi) is 3.98. The van der Waals surface area contributed by atoms with Crippen molar-refractivity contribution in [2.75, 3.05) is 0 Å². The first kappa shape index (κ1) is 16.6. The number of terminal acetylenes is 1. The van der Waals surface area contributed by atoms with Crippen LogP contribution in [0.15, 0.2) is 70.4 Å². The maximum Gasteiger partial charge on any atom is 0.325 e. The normalized spacial score (nSPS) is 10.7. The van der Waals surface area contributed by atoms with Crippen LogP contribution in [0.2, 0.25) is 0 Å². The minimum Gasteiger partial charge on any atom is -0.314 e. The van der Waals surface area contributed by atoms with Crippen molar-refractivity contribution in [1.82, 2.24) is 9.97 Å². The number of benzene rings is 4. The predicted octanol–water partition coefficient (Wildman–Crippen LogP) is 3.94. The molecule has 0 aliphatic heterocycles. The summed E-state index contributed by atoms with van der Waals surface area (Å²) in [6.45, 7) is 1.62. The standard InChI is InChI=1S/C18H10.C5H6N2O2/c1-2-12-6-7-15-9-8-13-4-3-5-14-10-11-16(12)18(15)17(13)14;1-3-2-6-5(9)7-4(3)8/h1,3-11H;2H,1H3,(H2,6,7,8,9). The summed E-state index contributed by atoms with van der Waals surface area (Å²) in [5.74, 6) is 2.78. The summed E-state index contributed by atoms with van der Waals surface area (Å²) < 4.78 is 0. The molecule has 0 saturated heterocycles. The van der Waals surface area contributed by atoms with Crippen LogP contribution in [0.5, 0.6) is 0 Å². The molecule has 2 N–H and O–H groups in total. The number of aromatic amines is 2. The Morgan fingerprint density at radius 1 is 0.852 bits per heavy atom. The molecule has 4 nitrogen and oxygen atoms in total. The van der Waals surface area contributed by atoms with Gasteiger partial charge in [-0.3, -0.25) is 9.78 Å². The van der Waals surface area contributed by atoms with Gasteiger partial charge in [-0.25, -0.2) is 4.79 Å². The van der Waals surface area contributed by atoms with Crippen LogP contribution < -0.4 is 11.2 Å². The van der Waals surface area contributed by atoms with Gasteiger partial charge in [0.1, 0.15) is 0 Å². The summed E-state index contributed by atoms with van der Waals surface area (Å²) in [6, 6.07) is 19.2. The molecule has 0 amide bonds. The highest BCUT2D eigenvalue weighted by molar-refractivity contribution is 6.23. The van der Waals surface area contributed by atoms with E-state index in [1.54, 1.807) is 6.92 Å². The van der Waals surface area contributed by atoms with Gasteiger partial charge in [-0.1, -0.05) is 54.5 Å². The third-order valence-electron chi connectivity index (χ3n) is 4.69. The van der Waals surface area contributed by atoms with Gasteiger partial charge in [0.25, 0.3) is 5.56 Å². The molecule has 27 heavy (non-hydrogen) atoms. The highest BCUT2D eigenvalue weighted by Crippen LogP contribution is 2.35. The summed E-state index contributed by atoms with van der Waals surface area (Å²) in [4.78, 5) is 25.3. The maximum atomic E-state index is 10.6. The maximum absolute atomic E-state index is 10.6. The Hall–Kier alpha value is -3.84. The second-order valence-electron chi connectivity index (χ2n) is 6.37. The van der Waals surface area contributed by atoms with Crippen molar-refractivity contribution in [1.29, 1.82) is 0 Å². The van der Waals surface area contributed by atoms with Crippen molar-refractivity contribution in [3.05, 3.63) is 92.8 Å². The molecular weight excluding hydrogens is 336 g/mol. The van der Waals surface area contributed by atoms with Crippen molar-refractivity contribution in [2.45, 2.75) is 6.92 Å². The number of H-pyrrole nitrogens is 2. The number of aryl methyl sites for hydroxylation is 1. The predicted molar refractivity (Wildman–Crippen MR) is 111 cm³/mol. The molecule has 0 saturated carbocycles. The molecule has 0 atom stereocenters. The highest BCUT2D eigenvalue weighted by Gasteiger charge is 2.09. The third-order valence-corrected chi connectivity index (χ3v) is 4.69. The summed E-state index contributed by atoms with van der Waals surface area (Å²) in [5.41, 5.74) is 0.680. The van der Waals surface area contributed by atoms with E-state index in [9.17, 15) is 9.59 Å². The first-order valence-corrected chi connectivity index (χ1v) is 8.50. The van der Waals surface area contributed by atoms with E-state index in [-0.39, 0.29) is 5.56 Å². The molecule has 0 bridgehead atoms. The van der Waals surface area contributed by atoms with Gasteiger partial charge in [0.15, 0.2) is 0 Å². The SMILES string of the molecule is C#Cc1ccc2ccc3cccc4ccc1c2c34.Cc1c[nH]c(=O)[nH]c1=O. The fourth-order valence-electron chi connectivity index (χ4n) is 3.34. The molecule has 0 aliphatic rings. The molecule has 1 aromatic heterocycles. The van der Waals surface area contributed by atoms with Gasteiger partial charge in [0, 0.05) is 17.3 Å². The molecule has 130 valence electrons. The van der Waals surface area contributed by atoms with Crippen LogP contribution in [0, 0.1) is 19.3 Å². The lowest BCUT2D eigenvalue weighted by molar-refractivity contribution is 1.01. The van der Waals surface area contributed by atoms with Crippen molar-refractivity contribution in [3.63, 3.8) is 0 Å². The molecule has 0 fully saturated rings. The van der Waals surface area contributed by atoms with Crippen LogP contribution in [-0.2, 0) is 0 Å². The number of nitrogens with one attached hydrogen (secondary N) is 2. The number of hydrogen-bond acceptors (Lipinski definition) is 2. The van der Waals surface area contributed by atoms with E-state index in [4.69, 9.17) is 6.42 Å². The lowest BCUT2D eigenvalue weighted by Crippen LogP contribution is -2.22. The molecule has 4 aromatic carbocycles. The zero-order chi connectivity index (χ0) is 19.0. The summed E-state index contributed by atoms with van der Waals surface area (Å²) in [5, 5.41) is 7.61. The van der Waals surface area contributed by atoms with Crippen LogP contribution in [0.4, 0.5) is 0 Å². The van der Waals surface area contributed by atoms with Crippen molar-refractivity contribution < 1.29 is 0 Å². The summed E-state index contributed by atoms with van der Waals surface area (Å²) in [7, 11) is 0. The average molecular weight is 352 g/mol. The lowest BCUT2D eigenvalue weighted by atomic mass is 9.92. The number of aromatic nitrogens is 2. The first-order valence-electron chi connectivity index (χ1n) is 8.50. The zero-order valence-corrected chi connectivity index (χ0v) is 14.7. The molecule has 0 aliphatic carbocycles. The van der Waals surface area contributed by atoms with E-state index in [0.29, 0.717) is 5.56 Å². The topological polar surface area (TPSA) is 65.7 Å². The monoisotopic (exact) mass is 352 g/mol. The van der Waals surface area contributed by atoms with Crippen LogP contribution in [-0.4, -0.2) is 9.97 Å². The molecule has 4 heteroatoms. The molecule has 1 heterocycles. The molecular formula is C23H16N2O2. The molecule has 0 spiro atoms. The summed E-state index contributed by atoms with van der Waals surface area (Å²) in [6.07, 6.45) is 6.97. The Morgan fingerprint density at radius 2 is 1.48 bits per heavy atom. The largest absolute Gasteiger partial charge is 0.325 e. The van der Waals surface area contributed by atoms with E-state index in [2.05, 4.69) is 64.4 Å². The Bertz CT molecular complexity index is 1420. The van der Waals surface area contributed by atoms with Gasteiger partial charge < -0.3 is 4.98 Å². The second kappa shape index (κ2) is 6.47. The molecule has 5 aromatic rings. The smallest absolute Gasteiger partial charge is 0.314 e. The van der Waals surface area contributed by atoms with E-state index in [1.165, 1.54) is 38.5 Å². The quantitative estimate of drug-likeness (QED) is 0.327. The van der Waals surface area contributed by atoms with Crippen molar-refractivity contribution in [3.8, 4) is 12.3 Å². The highest BCUT2D eigenvalue weighted by atomic mass is 16.2. The first-order chi connectivity index (χ1) is 13.1. The molecule has 0 radical (unpaired) electrons. The van der Waals surface area contributed by atoms with Crippen molar-refractivity contribution in [2.24, 2.45) is 0 Å². The van der Waals surface area contributed by atoms with Crippen LogP contribution in [0.1, 0.15) is 11.1 Å². The third kappa shape index (κ3) is 2.86. The fraction of sp³-hybridized carbons (Fsp3) is 0.0435. The van der Waals surface area contributed by atoms with Crippen LogP contribution in [0.25, 0.3) is 32.3 Å². The van der Waals surface area contributed by atoms with E-state index >= 15 is 0 Å². The second-order valence-corrected chi connectivity index (χ2v) is 6.37. The fourth-order valence-corrected chi connectivity index (χ4v) is 3.34. The average Bonchev–Trinajstić information content (AvgIpc) is 2.69. The summed E-state index contributed by atoms with van der Waals surface area (Å²) >= 11 is 0. The Balaban J connectivity index is 0.000000170. The van der Waals surface area contributed by atoms with Gasteiger partial charge in [0.2, 0.25) is 0 Å². The number of hydrogen-bond donors (Lipinski definition) is 2. The van der Waals surface area contributed by atoms with Gasteiger partial charge in [0.05, 0.1) is 0 Å². The number of rotatable bonds is 0. The van der Waals surface area contributed by atoms with E-state index in [1.807, 2.05) is 6.07 Å². The lowest BCUT2D eigenvalue weighted by Gasteiger charge is -2.11. The van der Waals surface area contributed by atoms with Crippen molar-refractivity contribution >= 4 is 32.3 Å². The van der Waals surface area contributed by atoms with Gasteiger partial charge in [-0.2, -0.15) is 0 Å². The van der Waals surface area contributed by atoms with E-state index < -0.39 is 5.69 Å². The van der Waals surface area contributed by atoms with Crippen LogP contribution in [0.3, 0.4) is 0 Å². The van der Waals surface area contributed by atoms with Gasteiger partial charge >= 0.3 is 5.69 Å². The Labute approximate surface area is 154 Å². The van der Waals surface area contributed by atoms with Crippen LogP contribution >= 0.6 is 0 Å². The Morgan fingerprint density at radius 3 is 2.11 bits per heavy atom. The van der Waals surface area contributed by atoms with Gasteiger partial charge in [-0.05, 0) is 45.3 Å². The van der Waals surface area contributed by atoms with E-state index in [0.717, 1.165) is 5.56 Å². The molecule has 5 rings (SSSR count). The minimum atomic E-state index is -0.467. The minimum absolute atomic E-state index is 0.334. The van der Waals surface area contributed by atoms with Gasteiger partial charge in [-0.15, -0.1) is 6.42 Å².